The van der Waals surface area contributed by atoms with Gasteiger partial charge in [-0.25, -0.2) is 0 Å². The minimum atomic E-state index is -4.60. The third kappa shape index (κ3) is 5.06. The Morgan fingerprint density at radius 3 is 1.28 bits per heavy atom. The molecule has 0 unspecified atom stereocenters. The van der Waals surface area contributed by atoms with Crippen LogP contribution in [0.4, 0.5) is 11.4 Å². The van der Waals surface area contributed by atoms with Crippen LogP contribution in [0.5, 0.6) is 11.5 Å². The Kier molecular flexibility index (Phi) is 6.05. The molecule has 0 saturated heterocycles. The van der Waals surface area contributed by atoms with Crippen LogP contribution in [0, 0.1) is 0 Å². The molecule has 4 aromatic rings. The number of aromatic hydroxyl groups is 2. The molecule has 0 atom stereocenters. The van der Waals surface area contributed by atoms with Crippen molar-refractivity contribution in [3.05, 3.63) is 60.7 Å². The summed E-state index contributed by atoms with van der Waals surface area (Å²) >= 11 is 0. The van der Waals surface area contributed by atoms with Crippen LogP contribution >= 0.6 is 0 Å². The van der Waals surface area contributed by atoms with E-state index in [1.165, 1.54) is 36.4 Å². The van der Waals surface area contributed by atoms with Crippen molar-refractivity contribution in [1.29, 1.82) is 0 Å². The standard InChI is InChI=1S/C22H16N2O10S2/c25-19-9-15(35(29,30)31)7-11-5-13(1-3-17(11)19)23-21(27)22(28)24-14-2-4-18-12(6-14)8-16(10-20(18)26)36(32,33)34/h1-10,25-26H,(H,23,27)(H,24,28)(H,29,30,31)(H,32,33,34). The molecular weight excluding hydrogens is 516 g/mol. The van der Waals surface area contributed by atoms with Gasteiger partial charge in [0, 0.05) is 34.3 Å². The maximum absolute atomic E-state index is 12.4. The first-order valence-electron chi connectivity index (χ1n) is 9.83. The average molecular weight is 533 g/mol. The van der Waals surface area contributed by atoms with Gasteiger partial charge in [0.2, 0.25) is 0 Å². The zero-order valence-corrected chi connectivity index (χ0v) is 19.5. The third-order valence-corrected chi connectivity index (χ3v) is 6.79. The van der Waals surface area contributed by atoms with Gasteiger partial charge in [-0.2, -0.15) is 16.8 Å². The van der Waals surface area contributed by atoms with Gasteiger partial charge in [-0.3, -0.25) is 18.7 Å². The average Bonchev–Trinajstić information content (AvgIpc) is 2.77. The lowest BCUT2D eigenvalue weighted by molar-refractivity contribution is -0.132. The van der Waals surface area contributed by atoms with Crippen LogP contribution in [0.3, 0.4) is 0 Å². The van der Waals surface area contributed by atoms with Crippen LogP contribution in [0.15, 0.2) is 70.5 Å². The van der Waals surface area contributed by atoms with Gasteiger partial charge in [-0.15, -0.1) is 0 Å². The fraction of sp³-hybridized carbons (Fsp3) is 0. The zero-order chi connectivity index (χ0) is 26.4. The summed E-state index contributed by atoms with van der Waals surface area (Å²) in [5.74, 6) is -3.07. The molecule has 186 valence electrons. The Morgan fingerprint density at radius 2 is 0.944 bits per heavy atom. The molecule has 0 aliphatic rings. The van der Waals surface area contributed by atoms with Gasteiger partial charge in [0.1, 0.15) is 11.5 Å². The highest BCUT2D eigenvalue weighted by Gasteiger charge is 2.18. The molecule has 0 fully saturated rings. The third-order valence-electron chi connectivity index (χ3n) is 5.13. The number of rotatable bonds is 4. The van der Waals surface area contributed by atoms with E-state index in [-0.39, 0.29) is 32.9 Å². The topological polar surface area (TPSA) is 207 Å². The second kappa shape index (κ2) is 8.76. The van der Waals surface area contributed by atoms with Crippen LogP contribution in [-0.4, -0.2) is 48.0 Å². The molecule has 0 spiro atoms. The van der Waals surface area contributed by atoms with E-state index >= 15 is 0 Å². The second-order valence-corrected chi connectivity index (χ2v) is 10.5. The molecule has 36 heavy (non-hydrogen) atoms. The highest BCUT2D eigenvalue weighted by molar-refractivity contribution is 7.86. The number of amides is 2. The fourth-order valence-corrected chi connectivity index (χ4v) is 4.55. The van der Waals surface area contributed by atoms with Crippen molar-refractivity contribution in [2.75, 3.05) is 10.6 Å². The van der Waals surface area contributed by atoms with Crippen LogP contribution < -0.4 is 10.6 Å². The summed E-state index contributed by atoms with van der Waals surface area (Å²) in [4.78, 5) is 23.7. The lowest BCUT2D eigenvalue weighted by atomic mass is 10.1. The lowest BCUT2D eigenvalue weighted by Crippen LogP contribution is -2.29. The Balaban J connectivity index is 1.57. The summed E-state index contributed by atoms with van der Waals surface area (Å²) in [6.45, 7) is 0. The first-order chi connectivity index (χ1) is 16.7. The number of benzene rings is 4. The maximum atomic E-state index is 12.4. The number of phenols is 2. The Bertz CT molecular complexity index is 1670. The SMILES string of the molecule is O=C(Nc1ccc2c(O)cc(S(=O)(=O)O)cc2c1)C(=O)Nc1ccc2c(O)cc(S(=O)(=O)O)cc2c1. The Labute approximate surface area is 203 Å². The molecule has 0 aliphatic heterocycles. The van der Waals surface area contributed by atoms with Crippen molar-refractivity contribution in [3.8, 4) is 11.5 Å². The van der Waals surface area contributed by atoms with Gasteiger partial charge in [0.15, 0.2) is 0 Å². The maximum Gasteiger partial charge on any atom is 0.314 e. The molecule has 4 rings (SSSR count). The van der Waals surface area contributed by atoms with Gasteiger partial charge in [0.05, 0.1) is 9.79 Å². The van der Waals surface area contributed by atoms with E-state index < -0.39 is 53.3 Å². The van der Waals surface area contributed by atoms with Crippen LogP contribution in [0.2, 0.25) is 0 Å². The van der Waals surface area contributed by atoms with Crippen LogP contribution in [0.25, 0.3) is 21.5 Å². The van der Waals surface area contributed by atoms with Crippen LogP contribution in [0.1, 0.15) is 0 Å². The summed E-state index contributed by atoms with van der Waals surface area (Å²) in [5.41, 5.74) is 0.159. The van der Waals surface area contributed by atoms with Crippen molar-refractivity contribution in [2.24, 2.45) is 0 Å². The minimum Gasteiger partial charge on any atom is -0.507 e. The van der Waals surface area contributed by atoms with Crippen molar-refractivity contribution in [1.82, 2.24) is 0 Å². The molecule has 0 aliphatic carbocycles. The van der Waals surface area contributed by atoms with Gasteiger partial charge in [-0.1, -0.05) is 0 Å². The monoisotopic (exact) mass is 532 g/mol. The van der Waals surface area contributed by atoms with E-state index in [9.17, 15) is 45.7 Å². The van der Waals surface area contributed by atoms with Gasteiger partial charge < -0.3 is 20.8 Å². The summed E-state index contributed by atoms with van der Waals surface area (Å²) in [6.07, 6.45) is 0. The van der Waals surface area contributed by atoms with Crippen molar-refractivity contribution in [3.63, 3.8) is 0 Å². The van der Waals surface area contributed by atoms with E-state index in [2.05, 4.69) is 10.6 Å². The zero-order valence-electron chi connectivity index (χ0n) is 17.8. The largest absolute Gasteiger partial charge is 0.507 e. The molecule has 0 bridgehead atoms. The number of hydrogen-bond donors (Lipinski definition) is 6. The van der Waals surface area contributed by atoms with E-state index in [1.54, 1.807) is 0 Å². The predicted molar refractivity (Wildman–Crippen MR) is 128 cm³/mol. The Morgan fingerprint density at radius 1 is 0.583 bits per heavy atom. The summed E-state index contributed by atoms with van der Waals surface area (Å²) in [5, 5.41) is 25.4. The van der Waals surface area contributed by atoms with E-state index in [4.69, 9.17) is 0 Å². The molecule has 6 N–H and O–H groups in total. The molecule has 4 aromatic carbocycles. The van der Waals surface area contributed by atoms with E-state index in [0.29, 0.717) is 0 Å². The first-order valence-corrected chi connectivity index (χ1v) is 12.7. The molecular formula is C22H16N2O10S2. The number of fused-ring (bicyclic) bond motifs is 2. The molecule has 14 heteroatoms. The normalized spacial score (nSPS) is 11.9. The predicted octanol–water partition coefficient (Wildman–Crippen LogP) is 2.47. The fourth-order valence-electron chi connectivity index (χ4n) is 3.47. The molecule has 2 amide bonds. The molecule has 12 nitrogen and oxygen atoms in total. The number of nitrogens with one attached hydrogen (secondary N) is 2. The van der Waals surface area contributed by atoms with Crippen molar-refractivity contribution >= 4 is 65.0 Å². The number of carbonyl (C=O) groups is 2. The van der Waals surface area contributed by atoms with E-state index in [1.807, 2.05) is 0 Å². The molecule has 0 radical (unpaired) electrons. The Hall–Kier alpha value is -4.24. The molecule has 0 aromatic heterocycles. The number of carbonyl (C=O) groups excluding carboxylic acids is 2. The van der Waals surface area contributed by atoms with Crippen LogP contribution in [-0.2, 0) is 29.8 Å². The first kappa shape index (κ1) is 24.9. The lowest BCUT2D eigenvalue weighted by Gasteiger charge is -2.10. The van der Waals surface area contributed by atoms with Crippen molar-refractivity contribution in [2.45, 2.75) is 9.79 Å². The summed E-state index contributed by atoms with van der Waals surface area (Å²) in [6, 6.07) is 11.9. The minimum absolute atomic E-state index is 0.0794. The molecule has 0 heterocycles. The van der Waals surface area contributed by atoms with Gasteiger partial charge in [0.25, 0.3) is 20.2 Å². The number of anilines is 2. The number of phenolic OH excluding ortho intramolecular Hbond substituents is 2. The number of hydrogen-bond acceptors (Lipinski definition) is 8. The summed E-state index contributed by atoms with van der Waals surface area (Å²) in [7, 11) is -9.21. The quantitative estimate of drug-likeness (QED) is 0.167. The summed E-state index contributed by atoms with van der Waals surface area (Å²) < 4.78 is 64.0. The van der Waals surface area contributed by atoms with Crippen molar-refractivity contribution < 1.29 is 45.7 Å². The smallest absolute Gasteiger partial charge is 0.314 e. The molecule has 0 saturated carbocycles. The van der Waals surface area contributed by atoms with E-state index in [0.717, 1.165) is 24.3 Å². The van der Waals surface area contributed by atoms with Gasteiger partial charge in [-0.05, 0) is 59.3 Å². The van der Waals surface area contributed by atoms with Gasteiger partial charge >= 0.3 is 11.8 Å². The highest BCUT2D eigenvalue weighted by Crippen LogP contribution is 2.32. The highest BCUT2D eigenvalue weighted by atomic mass is 32.2. The second-order valence-electron chi connectivity index (χ2n) is 7.62.